The number of benzene rings is 1. The molecule has 2 aromatic rings. The number of ether oxygens (including phenoxy) is 1. The number of aryl methyl sites for hydroxylation is 1. The molecule has 10 heteroatoms. The van der Waals surface area contributed by atoms with Crippen LogP contribution in [-0.2, 0) is 21.0 Å². The summed E-state index contributed by atoms with van der Waals surface area (Å²) >= 11 is 6.25. The number of hydrogen-bond donors (Lipinski definition) is 2. The Labute approximate surface area is 179 Å². The molecule has 0 bridgehead atoms. The van der Waals surface area contributed by atoms with E-state index in [0.29, 0.717) is 17.7 Å². The van der Waals surface area contributed by atoms with Gasteiger partial charge in [-0.05, 0) is 63.4 Å². The zero-order valence-electron chi connectivity index (χ0n) is 16.7. The minimum atomic E-state index is -3.94. The predicted octanol–water partition coefficient (Wildman–Crippen LogP) is 3.56. The molecule has 2 N–H and O–H groups in total. The first kappa shape index (κ1) is 22.0. The minimum Gasteiger partial charge on any atom is -0.444 e. The molecule has 1 atom stereocenters. The molecule has 1 aromatic carbocycles. The van der Waals surface area contributed by atoms with E-state index in [-0.39, 0.29) is 21.9 Å². The summed E-state index contributed by atoms with van der Waals surface area (Å²) in [5.41, 5.74) is 0.263. The fraction of sp³-hybridized carbons (Fsp3) is 0.350. The number of hydrogen-bond acceptors (Lipinski definition) is 6. The second kappa shape index (κ2) is 8.23. The first-order valence-electron chi connectivity index (χ1n) is 9.24. The number of nitrogens with one attached hydrogen (secondary N) is 2. The van der Waals surface area contributed by atoms with Gasteiger partial charge in [-0.1, -0.05) is 11.6 Å². The topological polar surface area (TPSA) is 114 Å². The number of carbonyl (C=O) groups excluding carboxylic acids is 2. The van der Waals surface area contributed by atoms with Crippen molar-refractivity contribution in [1.29, 1.82) is 0 Å². The Balaban J connectivity index is 1.88. The molecule has 0 spiro atoms. The Morgan fingerprint density at radius 2 is 1.87 bits per heavy atom. The lowest BCUT2D eigenvalue weighted by Gasteiger charge is -2.28. The Morgan fingerprint density at radius 3 is 2.50 bits per heavy atom. The highest BCUT2D eigenvalue weighted by molar-refractivity contribution is 7.92. The van der Waals surface area contributed by atoms with Crippen LogP contribution in [0.25, 0.3) is 0 Å². The van der Waals surface area contributed by atoms with Crippen LogP contribution in [0, 0.1) is 0 Å². The van der Waals surface area contributed by atoms with Crippen molar-refractivity contribution < 1.29 is 22.7 Å². The lowest BCUT2D eigenvalue weighted by atomic mass is 10.1. The molecule has 30 heavy (non-hydrogen) atoms. The standard InChI is InChI=1S/C20H22ClN3O5S/c1-20(2,3)29-19(26)24-17-5-4-12-10-15(21)14(11-16(12)30(17,27)28)18(25)23-13-6-8-22-9-7-13/h6-11,17H,4-5H2,1-3H3,(H,24,26)(H,22,23,25). The number of alkyl carbamates (subject to hydrolysis) is 1. The fourth-order valence-electron chi connectivity index (χ4n) is 3.05. The van der Waals surface area contributed by atoms with E-state index in [9.17, 15) is 18.0 Å². The van der Waals surface area contributed by atoms with Gasteiger partial charge in [0.05, 0.1) is 15.5 Å². The van der Waals surface area contributed by atoms with Crippen LogP contribution >= 0.6 is 11.6 Å². The summed E-state index contributed by atoms with van der Waals surface area (Å²) in [7, 11) is -3.94. The monoisotopic (exact) mass is 451 g/mol. The van der Waals surface area contributed by atoms with Gasteiger partial charge in [-0.15, -0.1) is 0 Å². The lowest BCUT2D eigenvalue weighted by Crippen LogP contribution is -2.45. The number of carbonyl (C=O) groups is 2. The summed E-state index contributed by atoms with van der Waals surface area (Å²) in [6.07, 6.45) is 2.77. The van der Waals surface area contributed by atoms with Gasteiger partial charge in [0.25, 0.3) is 5.91 Å². The van der Waals surface area contributed by atoms with Crippen molar-refractivity contribution in [2.24, 2.45) is 0 Å². The fourth-order valence-corrected chi connectivity index (χ4v) is 5.11. The Morgan fingerprint density at radius 1 is 1.20 bits per heavy atom. The maximum atomic E-state index is 13.1. The normalized spacial score (nSPS) is 17.5. The maximum Gasteiger partial charge on any atom is 0.408 e. The van der Waals surface area contributed by atoms with Gasteiger partial charge in [-0.2, -0.15) is 0 Å². The zero-order chi connectivity index (χ0) is 22.1. The van der Waals surface area contributed by atoms with Gasteiger partial charge in [-0.3, -0.25) is 9.78 Å². The highest BCUT2D eigenvalue weighted by Gasteiger charge is 2.37. The molecule has 0 fully saturated rings. The highest BCUT2D eigenvalue weighted by atomic mass is 35.5. The minimum absolute atomic E-state index is 0.0220. The number of anilines is 1. The molecule has 1 unspecified atom stereocenters. The van der Waals surface area contributed by atoms with Crippen LogP contribution in [0.3, 0.4) is 0 Å². The van der Waals surface area contributed by atoms with Crippen LogP contribution in [0.15, 0.2) is 41.6 Å². The van der Waals surface area contributed by atoms with E-state index in [0.717, 1.165) is 0 Å². The molecule has 1 aliphatic heterocycles. The summed E-state index contributed by atoms with van der Waals surface area (Å²) in [5, 5.41) is 4.07. The summed E-state index contributed by atoms with van der Waals surface area (Å²) in [5.74, 6) is -0.550. The number of rotatable bonds is 3. The smallest absolute Gasteiger partial charge is 0.408 e. The van der Waals surface area contributed by atoms with Crippen molar-refractivity contribution in [3.05, 3.63) is 52.8 Å². The average molecular weight is 452 g/mol. The van der Waals surface area contributed by atoms with Crippen LogP contribution in [0.5, 0.6) is 0 Å². The molecule has 0 saturated carbocycles. The molecular weight excluding hydrogens is 430 g/mol. The molecule has 160 valence electrons. The number of pyridine rings is 1. The van der Waals surface area contributed by atoms with Crippen LogP contribution in [0.1, 0.15) is 43.1 Å². The maximum absolute atomic E-state index is 13.1. The molecule has 0 aliphatic carbocycles. The molecule has 2 heterocycles. The van der Waals surface area contributed by atoms with Crippen molar-refractivity contribution in [3.8, 4) is 0 Å². The van der Waals surface area contributed by atoms with Crippen LogP contribution in [-0.4, -0.2) is 36.4 Å². The van der Waals surface area contributed by atoms with Gasteiger partial charge in [0.2, 0.25) is 0 Å². The molecule has 0 saturated heterocycles. The van der Waals surface area contributed by atoms with Crippen molar-refractivity contribution in [2.45, 2.75) is 49.5 Å². The van der Waals surface area contributed by atoms with Crippen LogP contribution in [0.2, 0.25) is 5.02 Å². The number of amides is 2. The summed E-state index contributed by atoms with van der Waals surface area (Å²) in [4.78, 5) is 28.6. The van der Waals surface area contributed by atoms with Crippen LogP contribution in [0.4, 0.5) is 10.5 Å². The highest BCUT2D eigenvalue weighted by Crippen LogP contribution is 2.33. The first-order chi connectivity index (χ1) is 14.0. The van der Waals surface area contributed by atoms with Crippen molar-refractivity contribution in [2.75, 3.05) is 5.32 Å². The molecular formula is C20H22ClN3O5S. The van der Waals surface area contributed by atoms with Gasteiger partial charge in [0, 0.05) is 18.1 Å². The molecule has 1 aromatic heterocycles. The predicted molar refractivity (Wildman–Crippen MR) is 112 cm³/mol. The second-order valence-corrected chi connectivity index (χ2v) is 10.4. The molecule has 3 rings (SSSR count). The van der Waals surface area contributed by atoms with Gasteiger partial charge >= 0.3 is 6.09 Å². The molecule has 2 amide bonds. The van der Waals surface area contributed by atoms with Gasteiger partial charge in [-0.25, -0.2) is 13.2 Å². The SMILES string of the molecule is CC(C)(C)OC(=O)NC1CCc2cc(Cl)c(C(=O)Nc3ccncc3)cc2S1(=O)=O. The average Bonchev–Trinajstić information content (AvgIpc) is 2.63. The third kappa shape index (κ3) is 4.91. The van der Waals surface area contributed by atoms with E-state index >= 15 is 0 Å². The quantitative estimate of drug-likeness (QED) is 0.737. The van der Waals surface area contributed by atoms with E-state index < -0.39 is 32.8 Å². The van der Waals surface area contributed by atoms with Crippen molar-refractivity contribution in [1.82, 2.24) is 10.3 Å². The van der Waals surface area contributed by atoms with E-state index in [4.69, 9.17) is 16.3 Å². The Bertz CT molecular complexity index is 1080. The third-order valence-electron chi connectivity index (χ3n) is 4.37. The number of fused-ring (bicyclic) bond motifs is 1. The van der Waals surface area contributed by atoms with E-state index in [2.05, 4.69) is 15.6 Å². The van der Waals surface area contributed by atoms with Gasteiger partial charge in [0.1, 0.15) is 11.0 Å². The third-order valence-corrected chi connectivity index (χ3v) is 6.78. The summed E-state index contributed by atoms with van der Waals surface area (Å²) in [6, 6.07) is 5.94. The largest absolute Gasteiger partial charge is 0.444 e. The number of nitrogens with zero attached hydrogens (tertiary/aromatic N) is 1. The van der Waals surface area contributed by atoms with E-state index in [1.165, 1.54) is 24.5 Å². The number of aromatic nitrogens is 1. The number of halogens is 1. The van der Waals surface area contributed by atoms with Crippen molar-refractivity contribution in [3.63, 3.8) is 0 Å². The van der Waals surface area contributed by atoms with E-state index in [1.54, 1.807) is 32.9 Å². The van der Waals surface area contributed by atoms with E-state index in [1.807, 2.05) is 0 Å². The number of sulfone groups is 1. The summed E-state index contributed by atoms with van der Waals surface area (Å²) < 4.78 is 31.4. The summed E-state index contributed by atoms with van der Waals surface area (Å²) in [6.45, 7) is 5.06. The molecule has 0 radical (unpaired) electrons. The Hall–Kier alpha value is -2.65. The first-order valence-corrected chi connectivity index (χ1v) is 11.2. The van der Waals surface area contributed by atoms with Crippen molar-refractivity contribution >= 4 is 39.1 Å². The zero-order valence-corrected chi connectivity index (χ0v) is 18.3. The lowest BCUT2D eigenvalue weighted by molar-refractivity contribution is 0.0517. The van der Waals surface area contributed by atoms with Gasteiger partial charge < -0.3 is 15.4 Å². The van der Waals surface area contributed by atoms with Gasteiger partial charge in [0.15, 0.2) is 9.84 Å². The Kier molecular flexibility index (Phi) is 6.05. The van der Waals surface area contributed by atoms with Crippen LogP contribution < -0.4 is 10.6 Å². The second-order valence-electron chi connectivity index (χ2n) is 7.85. The molecule has 8 nitrogen and oxygen atoms in total. The molecule has 1 aliphatic rings.